The van der Waals surface area contributed by atoms with E-state index in [0.717, 1.165) is 11.3 Å². The molecule has 1 saturated heterocycles. The highest BCUT2D eigenvalue weighted by atomic mass is 19.1. The molecule has 0 unspecified atom stereocenters. The van der Waals surface area contributed by atoms with Crippen molar-refractivity contribution in [2.45, 2.75) is 6.54 Å². The molecule has 0 spiro atoms. The Hall–Kier alpha value is -4.34. The van der Waals surface area contributed by atoms with E-state index in [1.54, 1.807) is 42.4 Å². The van der Waals surface area contributed by atoms with Gasteiger partial charge in [0.25, 0.3) is 0 Å². The van der Waals surface area contributed by atoms with E-state index in [0.29, 0.717) is 49.3 Å². The summed E-state index contributed by atoms with van der Waals surface area (Å²) in [6, 6.07) is 15.2. The molecule has 1 aliphatic rings. The average molecular weight is 474 g/mol. The number of hydrogen-bond acceptors (Lipinski definition) is 7. The van der Waals surface area contributed by atoms with Crippen molar-refractivity contribution >= 4 is 11.9 Å². The minimum atomic E-state index is -0.334. The first-order chi connectivity index (χ1) is 17.1. The second-order valence-electron chi connectivity index (χ2n) is 8.07. The molecule has 2 aromatic heterocycles. The molecule has 0 aliphatic carbocycles. The lowest BCUT2D eigenvalue weighted by Crippen LogP contribution is -2.50. The van der Waals surface area contributed by atoms with Crippen LogP contribution in [0.15, 0.2) is 67.0 Å². The fourth-order valence-corrected chi connectivity index (χ4v) is 3.97. The third-order valence-corrected chi connectivity index (χ3v) is 5.87. The number of carbonyl (C=O) groups is 1. The van der Waals surface area contributed by atoms with Crippen molar-refractivity contribution in [3.63, 3.8) is 0 Å². The number of hydrogen-bond donors (Lipinski definition) is 0. The lowest BCUT2D eigenvalue weighted by molar-refractivity contribution is -0.132. The molecule has 4 aromatic rings. The Balaban J connectivity index is 1.36. The van der Waals surface area contributed by atoms with Crippen LogP contribution < -0.4 is 9.64 Å². The molecule has 1 amide bonds. The van der Waals surface area contributed by atoms with Gasteiger partial charge in [0.1, 0.15) is 18.1 Å². The normalized spacial score (nSPS) is 13.7. The first-order valence-corrected chi connectivity index (χ1v) is 11.3. The molecule has 0 bridgehead atoms. The van der Waals surface area contributed by atoms with Gasteiger partial charge in [-0.3, -0.25) is 4.79 Å². The zero-order chi connectivity index (χ0) is 24.2. The summed E-state index contributed by atoms with van der Waals surface area (Å²) in [5, 5.41) is 4.60. The zero-order valence-corrected chi connectivity index (χ0v) is 19.2. The van der Waals surface area contributed by atoms with Crippen molar-refractivity contribution < 1.29 is 13.9 Å². The minimum absolute atomic E-state index is 0.0391. The van der Waals surface area contributed by atoms with Crippen LogP contribution in [-0.2, 0) is 11.3 Å². The van der Waals surface area contributed by atoms with E-state index < -0.39 is 0 Å². The highest BCUT2D eigenvalue weighted by molar-refractivity contribution is 5.77. The zero-order valence-electron chi connectivity index (χ0n) is 19.2. The van der Waals surface area contributed by atoms with Crippen LogP contribution >= 0.6 is 0 Å². The summed E-state index contributed by atoms with van der Waals surface area (Å²) < 4.78 is 20.3. The van der Waals surface area contributed by atoms with E-state index in [1.165, 1.54) is 12.1 Å². The van der Waals surface area contributed by atoms with Gasteiger partial charge in [0.05, 0.1) is 7.11 Å². The van der Waals surface area contributed by atoms with E-state index >= 15 is 0 Å². The smallest absolute Gasteiger partial charge is 0.244 e. The monoisotopic (exact) mass is 473 g/mol. The van der Waals surface area contributed by atoms with Gasteiger partial charge < -0.3 is 14.5 Å². The molecular weight excluding hydrogens is 449 g/mol. The van der Waals surface area contributed by atoms with E-state index in [2.05, 4.69) is 25.0 Å². The van der Waals surface area contributed by atoms with Crippen LogP contribution in [0.3, 0.4) is 0 Å². The van der Waals surface area contributed by atoms with Crippen molar-refractivity contribution in [2.24, 2.45) is 0 Å². The van der Waals surface area contributed by atoms with E-state index in [9.17, 15) is 9.18 Å². The maximum Gasteiger partial charge on any atom is 0.244 e. The molecule has 1 aliphatic heterocycles. The quantitative estimate of drug-likeness (QED) is 0.425. The van der Waals surface area contributed by atoms with Gasteiger partial charge in [0.2, 0.25) is 11.9 Å². The van der Waals surface area contributed by atoms with Crippen LogP contribution in [0.5, 0.6) is 5.75 Å². The topological polar surface area (TPSA) is 89.3 Å². The Labute approximate surface area is 201 Å². The molecule has 35 heavy (non-hydrogen) atoms. The Morgan fingerprint density at radius 1 is 0.943 bits per heavy atom. The Morgan fingerprint density at radius 2 is 1.60 bits per heavy atom. The van der Waals surface area contributed by atoms with E-state index in [4.69, 9.17) is 4.74 Å². The summed E-state index contributed by atoms with van der Waals surface area (Å²) >= 11 is 0. The molecule has 5 rings (SSSR count). The number of rotatable bonds is 6. The van der Waals surface area contributed by atoms with Crippen LogP contribution in [0.25, 0.3) is 22.8 Å². The Morgan fingerprint density at radius 3 is 2.26 bits per heavy atom. The standard InChI is InChI=1S/C25H24FN7O2/c1-35-21-9-5-19(6-10-21)24-29-23(18-3-7-20(26)8-4-18)30-33(24)17-22(34)31-13-15-32(16-14-31)25-27-11-2-12-28-25/h2-12H,13-17H2,1H3. The van der Waals surface area contributed by atoms with Gasteiger partial charge in [0, 0.05) is 49.7 Å². The third-order valence-electron chi connectivity index (χ3n) is 5.87. The molecule has 1 fully saturated rings. The minimum Gasteiger partial charge on any atom is -0.497 e. The Bertz CT molecular complexity index is 1290. The molecule has 3 heterocycles. The van der Waals surface area contributed by atoms with Crippen LogP contribution in [0.1, 0.15) is 0 Å². The second-order valence-corrected chi connectivity index (χ2v) is 8.07. The molecule has 10 heteroatoms. The molecule has 0 radical (unpaired) electrons. The predicted octanol–water partition coefficient (Wildman–Crippen LogP) is 2.90. The number of nitrogens with zero attached hydrogens (tertiary/aromatic N) is 7. The molecule has 2 aromatic carbocycles. The van der Waals surface area contributed by atoms with Gasteiger partial charge in [-0.15, -0.1) is 5.10 Å². The van der Waals surface area contributed by atoms with Crippen molar-refractivity contribution in [1.29, 1.82) is 0 Å². The summed E-state index contributed by atoms with van der Waals surface area (Å²) in [7, 11) is 1.60. The summed E-state index contributed by atoms with van der Waals surface area (Å²) in [4.78, 5) is 30.3. The van der Waals surface area contributed by atoms with E-state index in [1.807, 2.05) is 29.2 Å². The maximum absolute atomic E-state index is 13.4. The van der Waals surface area contributed by atoms with Crippen LogP contribution in [-0.4, -0.2) is 68.8 Å². The number of piperazine rings is 1. The molecule has 9 nitrogen and oxygen atoms in total. The number of halogens is 1. The van der Waals surface area contributed by atoms with Crippen molar-refractivity contribution in [3.8, 4) is 28.5 Å². The summed E-state index contributed by atoms with van der Waals surface area (Å²) in [5.41, 5.74) is 1.47. The van der Waals surface area contributed by atoms with Gasteiger partial charge >= 0.3 is 0 Å². The number of carbonyl (C=O) groups excluding carboxylic acids is 1. The van der Waals surface area contributed by atoms with Gasteiger partial charge in [-0.2, -0.15) is 0 Å². The van der Waals surface area contributed by atoms with Crippen molar-refractivity contribution in [1.82, 2.24) is 29.6 Å². The summed E-state index contributed by atoms with van der Waals surface area (Å²) in [5.74, 6) is 1.98. The third kappa shape index (κ3) is 4.96. The number of aromatic nitrogens is 5. The number of benzene rings is 2. The average Bonchev–Trinajstić information content (AvgIpc) is 3.33. The summed E-state index contributed by atoms with van der Waals surface area (Å²) in [6.07, 6.45) is 3.42. The molecular formula is C25H24FN7O2. The second kappa shape index (κ2) is 9.88. The van der Waals surface area contributed by atoms with Crippen LogP contribution in [0.4, 0.5) is 10.3 Å². The first-order valence-electron chi connectivity index (χ1n) is 11.3. The fourth-order valence-electron chi connectivity index (χ4n) is 3.97. The van der Waals surface area contributed by atoms with Gasteiger partial charge in [-0.1, -0.05) is 0 Å². The first kappa shape index (κ1) is 22.5. The highest BCUT2D eigenvalue weighted by Crippen LogP contribution is 2.25. The lowest BCUT2D eigenvalue weighted by Gasteiger charge is -2.34. The predicted molar refractivity (Wildman–Crippen MR) is 128 cm³/mol. The van der Waals surface area contributed by atoms with Gasteiger partial charge in [0.15, 0.2) is 11.6 Å². The SMILES string of the molecule is COc1ccc(-c2nc(-c3ccc(F)cc3)nn2CC(=O)N2CCN(c3ncccn3)CC2)cc1. The number of amides is 1. The molecule has 0 saturated carbocycles. The van der Waals surface area contributed by atoms with Crippen LogP contribution in [0.2, 0.25) is 0 Å². The molecule has 178 valence electrons. The van der Waals surface area contributed by atoms with Crippen molar-refractivity contribution in [3.05, 3.63) is 72.8 Å². The number of anilines is 1. The Kier molecular flexibility index (Phi) is 6.34. The fraction of sp³-hybridized carbons (Fsp3) is 0.240. The molecule has 0 N–H and O–H groups in total. The highest BCUT2D eigenvalue weighted by Gasteiger charge is 2.24. The molecule has 0 atom stereocenters. The maximum atomic E-state index is 13.4. The summed E-state index contributed by atoms with van der Waals surface area (Å²) in [6.45, 7) is 2.47. The largest absolute Gasteiger partial charge is 0.497 e. The number of ether oxygens (including phenoxy) is 1. The lowest BCUT2D eigenvalue weighted by atomic mass is 10.2. The van der Waals surface area contributed by atoms with E-state index in [-0.39, 0.29) is 18.3 Å². The van der Waals surface area contributed by atoms with Crippen LogP contribution in [0, 0.1) is 5.82 Å². The van der Waals surface area contributed by atoms with Gasteiger partial charge in [-0.05, 0) is 54.6 Å². The number of methoxy groups -OCH3 is 1. The van der Waals surface area contributed by atoms with Gasteiger partial charge in [-0.25, -0.2) is 24.0 Å². The van der Waals surface area contributed by atoms with Crippen molar-refractivity contribution in [2.75, 3.05) is 38.2 Å².